The molecule has 0 spiro atoms. The quantitative estimate of drug-likeness (QED) is 0.661. The molecule has 0 bridgehead atoms. The molecule has 0 radical (unpaired) electrons. The molecule has 0 aliphatic heterocycles. The Morgan fingerprint density at radius 1 is 1.25 bits per heavy atom. The maximum atomic E-state index is 3.69. The summed E-state index contributed by atoms with van der Waals surface area (Å²) in [5.41, 5.74) is 1.12. The Labute approximate surface area is 79.2 Å². The van der Waals surface area contributed by atoms with Crippen molar-refractivity contribution >= 4 is 9.68 Å². The van der Waals surface area contributed by atoms with E-state index in [1.165, 1.54) is 38.6 Å². The van der Waals surface area contributed by atoms with Crippen molar-refractivity contribution in [1.29, 1.82) is 0 Å². The molecule has 1 rings (SSSR count). The molecular weight excluding hydrogens is 162 g/mol. The standard InChI is InChI=1S/C10H23NSi/c1-9(2)8-11-12-10-6-4-3-5-7-10/h9-11H,3-8,12H2,1-2H3. The normalized spacial score (nSPS) is 21.2. The molecule has 12 heavy (non-hydrogen) atoms. The molecule has 0 aromatic heterocycles. The van der Waals surface area contributed by atoms with E-state index in [9.17, 15) is 0 Å². The molecule has 1 fully saturated rings. The van der Waals surface area contributed by atoms with Gasteiger partial charge in [0.05, 0.1) is 9.68 Å². The van der Waals surface area contributed by atoms with Gasteiger partial charge in [-0.05, 0) is 18.0 Å². The van der Waals surface area contributed by atoms with Crippen LogP contribution >= 0.6 is 0 Å². The van der Waals surface area contributed by atoms with Crippen LogP contribution in [0.1, 0.15) is 46.0 Å². The van der Waals surface area contributed by atoms with E-state index in [1.54, 1.807) is 0 Å². The van der Waals surface area contributed by atoms with E-state index in [2.05, 4.69) is 18.8 Å². The zero-order valence-electron chi connectivity index (χ0n) is 8.60. The monoisotopic (exact) mass is 185 g/mol. The Morgan fingerprint density at radius 2 is 1.92 bits per heavy atom. The first kappa shape index (κ1) is 10.3. The molecule has 1 aliphatic carbocycles. The topological polar surface area (TPSA) is 12.0 Å². The largest absolute Gasteiger partial charge is 0.342 e. The number of hydrogen-bond donors (Lipinski definition) is 1. The van der Waals surface area contributed by atoms with Crippen LogP contribution in [0.3, 0.4) is 0 Å². The van der Waals surface area contributed by atoms with Crippen LogP contribution < -0.4 is 4.98 Å². The fourth-order valence-corrected chi connectivity index (χ4v) is 4.11. The van der Waals surface area contributed by atoms with E-state index < -0.39 is 0 Å². The number of hydrogen-bond acceptors (Lipinski definition) is 1. The van der Waals surface area contributed by atoms with Crippen LogP contribution in [0.15, 0.2) is 0 Å². The molecule has 0 unspecified atom stereocenters. The van der Waals surface area contributed by atoms with E-state index in [1.807, 2.05) is 0 Å². The minimum atomic E-state index is 0.0727. The molecule has 0 amide bonds. The summed E-state index contributed by atoms with van der Waals surface area (Å²) in [4.78, 5) is 3.69. The third-order valence-electron chi connectivity index (χ3n) is 2.71. The Kier molecular flexibility index (Phi) is 4.92. The molecule has 0 saturated heterocycles. The highest BCUT2D eigenvalue weighted by Gasteiger charge is 2.12. The Hall–Kier alpha value is 0.177. The van der Waals surface area contributed by atoms with Crippen molar-refractivity contribution in [1.82, 2.24) is 4.98 Å². The van der Waals surface area contributed by atoms with Crippen LogP contribution in [-0.2, 0) is 0 Å². The van der Waals surface area contributed by atoms with Crippen molar-refractivity contribution in [3.63, 3.8) is 0 Å². The van der Waals surface area contributed by atoms with Crippen LogP contribution in [0.2, 0.25) is 5.54 Å². The molecular formula is C10H23NSi. The zero-order valence-corrected chi connectivity index (χ0v) is 10.0. The first-order valence-corrected chi connectivity index (χ1v) is 7.02. The van der Waals surface area contributed by atoms with E-state index in [0.717, 1.165) is 11.5 Å². The average molecular weight is 185 g/mol. The van der Waals surface area contributed by atoms with Crippen molar-refractivity contribution in [3.05, 3.63) is 0 Å². The summed E-state index contributed by atoms with van der Waals surface area (Å²) in [6.07, 6.45) is 7.55. The Balaban J connectivity index is 1.98. The third kappa shape index (κ3) is 4.26. The van der Waals surface area contributed by atoms with Gasteiger partial charge in [-0.1, -0.05) is 46.0 Å². The SMILES string of the molecule is CC(C)CN[SiH2]C1CCCCC1. The maximum Gasteiger partial charge on any atom is 0.0947 e. The minimum absolute atomic E-state index is 0.0727. The summed E-state index contributed by atoms with van der Waals surface area (Å²) in [6.45, 7) is 5.84. The first-order chi connectivity index (χ1) is 5.79. The fourth-order valence-electron chi connectivity index (χ4n) is 1.97. The summed E-state index contributed by atoms with van der Waals surface area (Å²) in [5, 5.41) is 0. The predicted octanol–water partition coefficient (Wildman–Crippen LogP) is 2.07. The van der Waals surface area contributed by atoms with Crippen LogP contribution in [-0.4, -0.2) is 16.2 Å². The van der Waals surface area contributed by atoms with Crippen LogP contribution in [0.4, 0.5) is 0 Å². The molecule has 0 atom stereocenters. The van der Waals surface area contributed by atoms with Gasteiger partial charge in [-0.15, -0.1) is 0 Å². The lowest BCUT2D eigenvalue weighted by Crippen LogP contribution is -2.28. The summed E-state index contributed by atoms with van der Waals surface area (Å²) in [7, 11) is 0.0727. The van der Waals surface area contributed by atoms with Crippen LogP contribution in [0, 0.1) is 5.92 Å². The van der Waals surface area contributed by atoms with Crippen molar-refractivity contribution in [2.75, 3.05) is 6.54 Å². The van der Waals surface area contributed by atoms with Crippen LogP contribution in [0.25, 0.3) is 0 Å². The Morgan fingerprint density at radius 3 is 2.50 bits per heavy atom. The summed E-state index contributed by atoms with van der Waals surface area (Å²) >= 11 is 0. The van der Waals surface area contributed by atoms with E-state index in [4.69, 9.17) is 0 Å². The maximum absolute atomic E-state index is 3.69. The van der Waals surface area contributed by atoms with Crippen molar-refractivity contribution in [2.24, 2.45) is 5.92 Å². The lowest BCUT2D eigenvalue weighted by molar-refractivity contribution is 0.495. The van der Waals surface area contributed by atoms with Gasteiger partial charge in [0.25, 0.3) is 0 Å². The highest BCUT2D eigenvalue weighted by atomic mass is 28.2. The zero-order chi connectivity index (χ0) is 8.81. The third-order valence-corrected chi connectivity index (χ3v) is 4.68. The second-order valence-electron chi connectivity index (χ2n) is 4.56. The molecule has 0 aromatic rings. The van der Waals surface area contributed by atoms with Gasteiger partial charge in [-0.3, -0.25) is 0 Å². The molecule has 1 aliphatic rings. The van der Waals surface area contributed by atoms with Crippen molar-refractivity contribution < 1.29 is 0 Å². The lowest BCUT2D eigenvalue weighted by Gasteiger charge is -2.21. The lowest BCUT2D eigenvalue weighted by atomic mass is 10.0. The first-order valence-electron chi connectivity index (χ1n) is 5.49. The molecule has 0 heterocycles. The average Bonchev–Trinajstić information content (AvgIpc) is 2.05. The van der Waals surface area contributed by atoms with Crippen molar-refractivity contribution in [3.8, 4) is 0 Å². The highest BCUT2D eigenvalue weighted by Crippen LogP contribution is 2.26. The van der Waals surface area contributed by atoms with Gasteiger partial charge in [0.1, 0.15) is 0 Å². The minimum Gasteiger partial charge on any atom is -0.342 e. The van der Waals surface area contributed by atoms with Gasteiger partial charge in [-0.25, -0.2) is 0 Å². The van der Waals surface area contributed by atoms with Crippen LogP contribution in [0.5, 0.6) is 0 Å². The van der Waals surface area contributed by atoms with Gasteiger partial charge in [0.15, 0.2) is 0 Å². The molecule has 0 aromatic carbocycles. The van der Waals surface area contributed by atoms with E-state index in [-0.39, 0.29) is 9.68 Å². The smallest absolute Gasteiger partial charge is 0.0947 e. The Bertz CT molecular complexity index is 108. The number of rotatable bonds is 4. The van der Waals surface area contributed by atoms with Crippen molar-refractivity contribution in [2.45, 2.75) is 51.5 Å². The van der Waals surface area contributed by atoms with Gasteiger partial charge < -0.3 is 4.98 Å². The predicted molar refractivity (Wildman–Crippen MR) is 58.2 cm³/mol. The second kappa shape index (κ2) is 5.76. The summed E-state index contributed by atoms with van der Waals surface area (Å²) in [6, 6.07) is 0. The molecule has 72 valence electrons. The molecule has 1 saturated carbocycles. The molecule has 1 N–H and O–H groups in total. The molecule has 2 heteroatoms. The van der Waals surface area contributed by atoms with Gasteiger partial charge in [-0.2, -0.15) is 0 Å². The highest BCUT2D eigenvalue weighted by molar-refractivity contribution is 6.34. The summed E-state index contributed by atoms with van der Waals surface area (Å²) < 4.78 is 0. The summed E-state index contributed by atoms with van der Waals surface area (Å²) in [5.74, 6) is 0.834. The van der Waals surface area contributed by atoms with Gasteiger partial charge >= 0.3 is 0 Å². The number of nitrogens with one attached hydrogen (secondary N) is 1. The van der Waals surface area contributed by atoms with Gasteiger partial charge in [0, 0.05) is 0 Å². The molecule has 1 nitrogen and oxygen atoms in total. The second-order valence-corrected chi connectivity index (χ2v) is 6.62. The van der Waals surface area contributed by atoms with Gasteiger partial charge in [0.2, 0.25) is 0 Å². The van der Waals surface area contributed by atoms with E-state index in [0.29, 0.717) is 0 Å². The van der Waals surface area contributed by atoms with E-state index >= 15 is 0 Å². The fraction of sp³-hybridized carbons (Fsp3) is 1.00.